The predicted octanol–water partition coefficient (Wildman–Crippen LogP) is 4.54. The van der Waals surface area contributed by atoms with E-state index in [0.717, 1.165) is 11.1 Å². The molecule has 2 nitrogen and oxygen atoms in total. The van der Waals surface area contributed by atoms with Crippen molar-refractivity contribution in [1.29, 1.82) is 0 Å². The number of hydrogen-bond donors (Lipinski definition) is 0. The summed E-state index contributed by atoms with van der Waals surface area (Å²) in [7, 11) is -3.48. The van der Waals surface area contributed by atoms with Crippen molar-refractivity contribution in [2.75, 3.05) is 0 Å². The van der Waals surface area contributed by atoms with Crippen LogP contribution in [0.4, 0.5) is 0 Å². The normalized spacial score (nSPS) is 22.9. The molecule has 1 saturated carbocycles. The molecule has 0 bridgehead atoms. The zero-order valence-corrected chi connectivity index (χ0v) is 14.0. The molecule has 0 heterocycles. The maximum Gasteiger partial charge on any atom is 0.188 e. The van der Waals surface area contributed by atoms with E-state index in [1.807, 2.05) is 66.7 Å². The van der Waals surface area contributed by atoms with Gasteiger partial charge in [0.1, 0.15) is 4.75 Å². The number of benzene rings is 3. The molecule has 0 saturated heterocycles. The van der Waals surface area contributed by atoms with Gasteiger partial charge in [0.25, 0.3) is 0 Å². The molecule has 3 aromatic carbocycles. The first kappa shape index (κ1) is 15.2. The standard InChI is InChI=1S/C21H18O2S/c22-24(23,19-14-8-3-9-15-19)21(18-12-6-2-7-13-18)16-20(21)17-10-4-1-5-11-17/h1-15,20H,16H2/t20-,21-/m0/s1. The van der Waals surface area contributed by atoms with Gasteiger partial charge in [0.2, 0.25) is 0 Å². The summed E-state index contributed by atoms with van der Waals surface area (Å²) in [5.41, 5.74) is 1.96. The van der Waals surface area contributed by atoms with Gasteiger partial charge in [-0.1, -0.05) is 78.9 Å². The minimum Gasteiger partial charge on any atom is -0.223 e. The Bertz CT molecular complexity index is 935. The number of sulfone groups is 1. The van der Waals surface area contributed by atoms with Gasteiger partial charge < -0.3 is 0 Å². The average molecular weight is 334 g/mol. The van der Waals surface area contributed by atoms with Crippen molar-refractivity contribution >= 4 is 9.84 Å². The molecule has 0 aliphatic heterocycles. The maximum absolute atomic E-state index is 13.5. The van der Waals surface area contributed by atoms with Gasteiger partial charge in [-0.15, -0.1) is 0 Å². The second kappa shape index (κ2) is 5.60. The molecule has 3 heteroatoms. The largest absolute Gasteiger partial charge is 0.223 e. The topological polar surface area (TPSA) is 34.1 Å². The first-order valence-corrected chi connectivity index (χ1v) is 9.55. The molecular weight excluding hydrogens is 316 g/mol. The van der Waals surface area contributed by atoms with Crippen molar-refractivity contribution in [2.24, 2.45) is 0 Å². The van der Waals surface area contributed by atoms with E-state index >= 15 is 0 Å². The Morgan fingerprint density at radius 2 is 1.21 bits per heavy atom. The fraction of sp³-hybridized carbons (Fsp3) is 0.143. The quantitative estimate of drug-likeness (QED) is 0.702. The third-order valence-electron chi connectivity index (χ3n) is 4.91. The Morgan fingerprint density at radius 1 is 0.708 bits per heavy atom. The van der Waals surface area contributed by atoms with Crippen LogP contribution in [0.25, 0.3) is 0 Å². The Labute approximate surface area is 142 Å². The summed E-state index contributed by atoms with van der Waals surface area (Å²) in [6.07, 6.45) is 0.623. The lowest BCUT2D eigenvalue weighted by molar-refractivity contribution is 0.577. The second-order valence-corrected chi connectivity index (χ2v) is 8.45. The molecule has 4 rings (SSSR count). The lowest BCUT2D eigenvalue weighted by atomic mass is 10.0. The zero-order valence-electron chi connectivity index (χ0n) is 13.2. The molecule has 0 N–H and O–H groups in total. The van der Waals surface area contributed by atoms with E-state index in [1.54, 1.807) is 24.3 Å². The first-order chi connectivity index (χ1) is 11.7. The molecule has 1 aliphatic rings. The third kappa shape index (κ3) is 2.20. The van der Waals surface area contributed by atoms with Crippen LogP contribution < -0.4 is 0 Å². The predicted molar refractivity (Wildman–Crippen MR) is 95.5 cm³/mol. The van der Waals surface area contributed by atoms with E-state index in [2.05, 4.69) is 0 Å². The van der Waals surface area contributed by atoms with Crippen LogP contribution in [0.3, 0.4) is 0 Å². The fourth-order valence-electron chi connectivity index (χ4n) is 3.62. The Balaban J connectivity index is 1.88. The molecule has 1 aliphatic carbocycles. The van der Waals surface area contributed by atoms with Crippen LogP contribution in [0.2, 0.25) is 0 Å². The van der Waals surface area contributed by atoms with Gasteiger partial charge in [-0.3, -0.25) is 0 Å². The van der Waals surface area contributed by atoms with Crippen molar-refractivity contribution < 1.29 is 8.42 Å². The van der Waals surface area contributed by atoms with Gasteiger partial charge in [-0.2, -0.15) is 0 Å². The summed E-state index contributed by atoms with van der Waals surface area (Å²) in [6, 6.07) is 28.4. The third-order valence-corrected chi connectivity index (χ3v) is 7.45. The van der Waals surface area contributed by atoms with Crippen molar-refractivity contribution in [2.45, 2.75) is 22.0 Å². The highest BCUT2D eigenvalue weighted by molar-refractivity contribution is 7.92. The number of rotatable bonds is 4. The number of hydrogen-bond acceptors (Lipinski definition) is 2. The van der Waals surface area contributed by atoms with Crippen LogP contribution in [-0.4, -0.2) is 8.42 Å². The Morgan fingerprint density at radius 3 is 1.79 bits per heavy atom. The summed E-state index contributed by atoms with van der Waals surface area (Å²) in [5.74, 6) is -0.00805. The highest BCUT2D eigenvalue weighted by Gasteiger charge is 2.65. The van der Waals surface area contributed by atoms with Gasteiger partial charge in [0, 0.05) is 5.92 Å². The lowest BCUT2D eigenvalue weighted by Crippen LogP contribution is -2.23. The molecule has 2 atom stereocenters. The van der Waals surface area contributed by atoms with Crippen LogP contribution >= 0.6 is 0 Å². The minimum absolute atomic E-state index is 0.00805. The van der Waals surface area contributed by atoms with Crippen molar-refractivity contribution in [3.8, 4) is 0 Å². The molecule has 0 spiro atoms. The van der Waals surface area contributed by atoms with E-state index in [9.17, 15) is 8.42 Å². The van der Waals surface area contributed by atoms with Gasteiger partial charge in [0.15, 0.2) is 9.84 Å². The Kier molecular flexibility index (Phi) is 3.54. The van der Waals surface area contributed by atoms with Gasteiger partial charge >= 0.3 is 0 Å². The molecule has 120 valence electrons. The summed E-state index contributed by atoms with van der Waals surface area (Å²) >= 11 is 0. The fourth-order valence-corrected chi connectivity index (χ4v) is 5.90. The van der Waals surface area contributed by atoms with Gasteiger partial charge in [0.05, 0.1) is 4.90 Å². The monoisotopic (exact) mass is 334 g/mol. The second-order valence-electron chi connectivity index (χ2n) is 6.24. The molecule has 0 unspecified atom stereocenters. The SMILES string of the molecule is O=S(=O)(c1ccccc1)[C@]1(c2ccccc2)C[C@H]1c1ccccc1. The Hall–Kier alpha value is -2.39. The highest BCUT2D eigenvalue weighted by atomic mass is 32.2. The van der Waals surface area contributed by atoms with Crippen LogP contribution in [0.15, 0.2) is 95.9 Å². The van der Waals surface area contributed by atoms with Crippen molar-refractivity contribution in [3.05, 3.63) is 102 Å². The van der Waals surface area contributed by atoms with E-state index < -0.39 is 14.6 Å². The first-order valence-electron chi connectivity index (χ1n) is 8.06. The van der Waals surface area contributed by atoms with E-state index in [4.69, 9.17) is 0 Å². The summed E-state index contributed by atoms with van der Waals surface area (Å²) in [5, 5.41) is 0. The van der Waals surface area contributed by atoms with Crippen LogP contribution in [-0.2, 0) is 14.6 Å². The van der Waals surface area contributed by atoms with E-state index in [-0.39, 0.29) is 5.92 Å². The zero-order chi connectivity index (χ0) is 16.6. The molecule has 3 aromatic rings. The van der Waals surface area contributed by atoms with Crippen LogP contribution in [0, 0.1) is 0 Å². The van der Waals surface area contributed by atoms with Crippen molar-refractivity contribution in [3.63, 3.8) is 0 Å². The lowest BCUT2D eigenvalue weighted by Gasteiger charge is -2.19. The van der Waals surface area contributed by atoms with Crippen LogP contribution in [0.5, 0.6) is 0 Å². The molecule has 0 amide bonds. The minimum atomic E-state index is -3.48. The van der Waals surface area contributed by atoms with Gasteiger partial charge in [-0.05, 0) is 29.7 Å². The maximum atomic E-state index is 13.5. The molecular formula is C21H18O2S. The van der Waals surface area contributed by atoms with Gasteiger partial charge in [-0.25, -0.2) is 8.42 Å². The molecule has 0 radical (unpaired) electrons. The highest BCUT2D eigenvalue weighted by Crippen LogP contribution is 2.65. The summed E-state index contributed by atoms with van der Waals surface area (Å²) < 4.78 is 26.1. The molecule has 0 aromatic heterocycles. The van der Waals surface area contributed by atoms with Crippen LogP contribution in [0.1, 0.15) is 23.5 Å². The van der Waals surface area contributed by atoms with Crippen molar-refractivity contribution in [1.82, 2.24) is 0 Å². The van der Waals surface area contributed by atoms with E-state index in [0.29, 0.717) is 11.3 Å². The molecule has 24 heavy (non-hydrogen) atoms. The van der Waals surface area contributed by atoms with E-state index in [1.165, 1.54) is 0 Å². The summed E-state index contributed by atoms with van der Waals surface area (Å²) in [6.45, 7) is 0. The smallest absolute Gasteiger partial charge is 0.188 e. The summed E-state index contributed by atoms with van der Waals surface area (Å²) in [4.78, 5) is 0.396. The molecule has 1 fully saturated rings. The average Bonchev–Trinajstić information content (AvgIpc) is 3.42.